The van der Waals surface area contributed by atoms with E-state index in [1.807, 2.05) is 6.08 Å². The number of hydrogen-bond donors (Lipinski definition) is 1. The average Bonchev–Trinajstić information content (AvgIpc) is 2.21. The summed E-state index contributed by atoms with van der Waals surface area (Å²) in [7, 11) is 0. The number of carboxylic acid groups (broad SMARTS) is 1. The van der Waals surface area contributed by atoms with E-state index in [9.17, 15) is 4.79 Å². The van der Waals surface area contributed by atoms with Crippen molar-refractivity contribution in [1.82, 2.24) is 0 Å². The van der Waals surface area contributed by atoms with Gasteiger partial charge in [-0.1, -0.05) is 38.2 Å². The highest BCUT2D eigenvalue weighted by atomic mass is 16.4. The van der Waals surface area contributed by atoms with E-state index in [0.717, 1.165) is 25.7 Å². The second-order valence-corrected chi connectivity index (χ2v) is 4.05. The molecule has 1 aliphatic carbocycles. The molecule has 0 aliphatic heterocycles. The fraction of sp³-hybridized carbons (Fsp3) is 0.750. The first-order chi connectivity index (χ1) is 6.80. The van der Waals surface area contributed by atoms with E-state index in [4.69, 9.17) is 5.11 Å². The van der Waals surface area contributed by atoms with Crippen molar-refractivity contribution >= 4 is 5.97 Å². The van der Waals surface area contributed by atoms with Crippen LogP contribution in [0, 0.1) is 0 Å². The van der Waals surface area contributed by atoms with Crippen LogP contribution in [0.25, 0.3) is 0 Å². The first-order valence-corrected chi connectivity index (χ1v) is 5.73. The Morgan fingerprint density at radius 1 is 1.00 bits per heavy atom. The zero-order valence-corrected chi connectivity index (χ0v) is 8.80. The normalized spacial score (nSPS) is 24.4. The first kappa shape index (κ1) is 11.3. The van der Waals surface area contributed by atoms with E-state index in [1.165, 1.54) is 32.1 Å². The molecule has 0 amide bonds. The molecule has 0 saturated carbocycles. The van der Waals surface area contributed by atoms with Crippen molar-refractivity contribution in [3.05, 3.63) is 11.6 Å². The molecule has 0 unspecified atom stereocenters. The smallest absolute Gasteiger partial charge is 0.331 e. The zero-order valence-electron chi connectivity index (χ0n) is 8.80. The molecule has 80 valence electrons. The average molecular weight is 196 g/mol. The molecule has 0 heterocycles. The van der Waals surface area contributed by atoms with E-state index >= 15 is 0 Å². The number of rotatable bonds is 1. The van der Waals surface area contributed by atoms with Crippen LogP contribution in [0.4, 0.5) is 0 Å². The minimum Gasteiger partial charge on any atom is -0.478 e. The van der Waals surface area contributed by atoms with E-state index in [0.29, 0.717) is 5.57 Å². The van der Waals surface area contributed by atoms with Gasteiger partial charge in [0.05, 0.1) is 0 Å². The number of carboxylic acids is 1. The Kier molecular flexibility index (Phi) is 5.35. The summed E-state index contributed by atoms with van der Waals surface area (Å²) in [5, 5.41) is 8.92. The number of carbonyl (C=O) groups is 1. The van der Waals surface area contributed by atoms with Gasteiger partial charge in [0, 0.05) is 5.57 Å². The Morgan fingerprint density at radius 3 is 2.21 bits per heavy atom. The summed E-state index contributed by atoms with van der Waals surface area (Å²) >= 11 is 0. The molecule has 14 heavy (non-hydrogen) atoms. The molecule has 1 rings (SSSR count). The highest BCUT2D eigenvalue weighted by molar-refractivity contribution is 5.86. The predicted molar refractivity (Wildman–Crippen MR) is 57.3 cm³/mol. The molecule has 0 aromatic carbocycles. The third-order valence-corrected chi connectivity index (χ3v) is 2.82. The van der Waals surface area contributed by atoms with Gasteiger partial charge in [-0.3, -0.25) is 0 Å². The van der Waals surface area contributed by atoms with Crippen molar-refractivity contribution in [2.24, 2.45) is 0 Å². The first-order valence-electron chi connectivity index (χ1n) is 5.73. The van der Waals surface area contributed by atoms with Gasteiger partial charge in [-0.05, 0) is 25.7 Å². The highest BCUT2D eigenvalue weighted by Gasteiger charge is 2.06. The lowest BCUT2D eigenvalue weighted by Crippen LogP contribution is -2.00. The molecule has 0 fully saturated rings. The molecule has 0 radical (unpaired) electrons. The van der Waals surface area contributed by atoms with E-state index in [-0.39, 0.29) is 0 Å². The number of aliphatic carboxylic acids is 1. The van der Waals surface area contributed by atoms with Crippen LogP contribution in [0.2, 0.25) is 0 Å². The molecule has 1 aliphatic rings. The molecule has 2 heteroatoms. The predicted octanol–water partition coefficient (Wildman–Crippen LogP) is 3.52. The quantitative estimate of drug-likeness (QED) is 0.696. The van der Waals surface area contributed by atoms with E-state index in [2.05, 4.69) is 0 Å². The summed E-state index contributed by atoms with van der Waals surface area (Å²) in [6, 6.07) is 0. The molecular weight excluding hydrogens is 176 g/mol. The van der Waals surface area contributed by atoms with Gasteiger partial charge in [0.25, 0.3) is 0 Å². The minimum absolute atomic E-state index is 0.631. The van der Waals surface area contributed by atoms with E-state index in [1.54, 1.807) is 0 Å². The van der Waals surface area contributed by atoms with Gasteiger partial charge in [0.2, 0.25) is 0 Å². The zero-order chi connectivity index (χ0) is 10.2. The summed E-state index contributed by atoms with van der Waals surface area (Å²) in [4.78, 5) is 10.8. The lowest BCUT2D eigenvalue weighted by Gasteiger charge is -2.01. The third-order valence-electron chi connectivity index (χ3n) is 2.82. The summed E-state index contributed by atoms with van der Waals surface area (Å²) in [6.07, 6.45) is 12.2. The van der Waals surface area contributed by atoms with Crippen molar-refractivity contribution in [2.45, 2.75) is 57.8 Å². The maximum absolute atomic E-state index is 10.8. The molecular formula is C12H20O2. The highest BCUT2D eigenvalue weighted by Crippen LogP contribution is 2.16. The Hall–Kier alpha value is -0.790. The van der Waals surface area contributed by atoms with Gasteiger partial charge < -0.3 is 5.11 Å². The van der Waals surface area contributed by atoms with Crippen molar-refractivity contribution in [3.63, 3.8) is 0 Å². The van der Waals surface area contributed by atoms with Crippen molar-refractivity contribution in [1.29, 1.82) is 0 Å². The molecule has 0 aromatic heterocycles. The van der Waals surface area contributed by atoms with Crippen LogP contribution in [0.1, 0.15) is 57.8 Å². The monoisotopic (exact) mass is 196 g/mol. The van der Waals surface area contributed by atoms with Gasteiger partial charge >= 0.3 is 5.97 Å². The fourth-order valence-corrected chi connectivity index (χ4v) is 1.92. The van der Waals surface area contributed by atoms with Crippen LogP contribution in [-0.2, 0) is 4.79 Å². The van der Waals surface area contributed by atoms with Gasteiger partial charge in [-0.25, -0.2) is 4.79 Å². The van der Waals surface area contributed by atoms with Gasteiger partial charge in [0.1, 0.15) is 0 Å². The standard InChI is InChI=1S/C12H20O2/c13-12(14)11-9-7-5-3-1-2-4-6-8-10-11/h9H,1-8,10H2,(H,13,14)/b11-9-. The van der Waals surface area contributed by atoms with Crippen LogP contribution < -0.4 is 0 Å². The largest absolute Gasteiger partial charge is 0.478 e. The number of allylic oxidation sites excluding steroid dienone is 1. The number of hydrogen-bond acceptors (Lipinski definition) is 1. The van der Waals surface area contributed by atoms with Crippen molar-refractivity contribution in [2.75, 3.05) is 0 Å². The SMILES string of the molecule is O=C(O)/C1=C\CCCCCCCCC1. The van der Waals surface area contributed by atoms with Crippen LogP contribution >= 0.6 is 0 Å². The van der Waals surface area contributed by atoms with Crippen LogP contribution in [-0.4, -0.2) is 11.1 Å². The second-order valence-electron chi connectivity index (χ2n) is 4.05. The Bertz CT molecular complexity index is 206. The second kappa shape index (κ2) is 6.63. The minimum atomic E-state index is -0.718. The van der Waals surface area contributed by atoms with Crippen LogP contribution in [0.3, 0.4) is 0 Å². The Labute approximate surface area is 86.0 Å². The Balaban J connectivity index is 2.44. The summed E-state index contributed by atoms with van der Waals surface area (Å²) in [5.41, 5.74) is 0.631. The third kappa shape index (κ3) is 4.45. The van der Waals surface area contributed by atoms with Gasteiger partial charge in [0.15, 0.2) is 0 Å². The lowest BCUT2D eigenvalue weighted by molar-refractivity contribution is -0.132. The van der Waals surface area contributed by atoms with Crippen LogP contribution in [0.5, 0.6) is 0 Å². The Morgan fingerprint density at radius 2 is 1.57 bits per heavy atom. The van der Waals surface area contributed by atoms with Crippen LogP contribution in [0.15, 0.2) is 11.6 Å². The maximum atomic E-state index is 10.8. The lowest BCUT2D eigenvalue weighted by atomic mass is 10.1. The summed E-state index contributed by atoms with van der Waals surface area (Å²) in [5.74, 6) is -0.718. The van der Waals surface area contributed by atoms with Crippen molar-refractivity contribution in [3.8, 4) is 0 Å². The molecule has 0 aromatic rings. The fourth-order valence-electron chi connectivity index (χ4n) is 1.92. The van der Waals surface area contributed by atoms with Gasteiger partial charge in [-0.2, -0.15) is 0 Å². The molecule has 0 atom stereocenters. The maximum Gasteiger partial charge on any atom is 0.331 e. The topological polar surface area (TPSA) is 37.3 Å². The van der Waals surface area contributed by atoms with E-state index < -0.39 is 5.97 Å². The molecule has 0 spiro atoms. The van der Waals surface area contributed by atoms with Crippen molar-refractivity contribution < 1.29 is 9.90 Å². The summed E-state index contributed by atoms with van der Waals surface area (Å²) < 4.78 is 0. The molecule has 0 saturated heterocycles. The molecule has 1 N–H and O–H groups in total. The van der Waals surface area contributed by atoms with Gasteiger partial charge in [-0.15, -0.1) is 0 Å². The summed E-state index contributed by atoms with van der Waals surface area (Å²) in [6.45, 7) is 0. The molecule has 2 nitrogen and oxygen atoms in total. The molecule has 0 bridgehead atoms.